The molecular weight excluding hydrogens is 707 g/mol. The molecule has 1 saturated heterocycles. The maximum absolute atomic E-state index is 12.9. The summed E-state index contributed by atoms with van der Waals surface area (Å²) in [6.45, 7) is 3.67. The average Bonchev–Trinajstić information content (AvgIpc) is 3.20. The van der Waals surface area contributed by atoms with Crippen molar-refractivity contribution in [1.29, 1.82) is 0 Å². The molecule has 1 aliphatic rings. The van der Waals surface area contributed by atoms with E-state index in [1.165, 1.54) is 128 Å². The number of hydrogen-bond acceptors (Lipinski definition) is 8. The number of carbonyl (C=O) groups is 1. The van der Waals surface area contributed by atoms with E-state index in [4.69, 9.17) is 9.47 Å². The van der Waals surface area contributed by atoms with Crippen LogP contribution in [-0.2, 0) is 14.3 Å². The quantitative estimate of drug-likeness (QED) is 0.0268. The van der Waals surface area contributed by atoms with E-state index in [1.54, 1.807) is 6.08 Å². The molecule has 56 heavy (non-hydrogen) atoms. The third-order valence-corrected chi connectivity index (χ3v) is 11.0. The number of carbonyl (C=O) groups excluding carboxylic acids is 1. The minimum atomic E-state index is -1.56. The topological polar surface area (TPSA) is 149 Å². The van der Waals surface area contributed by atoms with Crippen LogP contribution in [0.2, 0.25) is 0 Å². The second kappa shape index (κ2) is 37.7. The summed E-state index contributed by atoms with van der Waals surface area (Å²) in [7, 11) is 0. The van der Waals surface area contributed by atoms with Crippen LogP contribution in [0.1, 0.15) is 200 Å². The lowest BCUT2D eigenvalue weighted by molar-refractivity contribution is -0.302. The summed E-state index contributed by atoms with van der Waals surface area (Å²) < 4.78 is 11.1. The van der Waals surface area contributed by atoms with Gasteiger partial charge in [0.2, 0.25) is 5.91 Å². The van der Waals surface area contributed by atoms with Crippen LogP contribution in [-0.4, -0.2) is 87.5 Å². The number of allylic oxidation sites excluding steroid dienone is 5. The second-order valence-corrected chi connectivity index (χ2v) is 16.2. The third kappa shape index (κ3) is 27.9. The summed E-state index contributed by atoms with van der Waals surface area (Å²) in [6, 6.07) is -0.799. The van der Waals surface area contributed by atoms with Gasteiger partial charge in [0.1, 0.15) is 24.4 Å². The molecular formula is C47H87NO8. The van der Waals surface area contributed by atoms with Crippen LogP contribution in [0, 0.1) is 0 Å². The predicted octanol–water partition coefficient (Wildman–Crippen LogP) is 9.67. The molecule has 1 rings (SSSR count). The Labute approximate surface area is 342 Å². The number of rotatable bonds is 38. The highest BCUT2D eigenvalue weighted by Crippen LogP contribution is 2.22. The molecule has 9 heteroatoms. The first kappa shape index (κ1) is 52.4. The first-order valence-corrected chi connectivity index (χ1v) is 23.2. The molecule has 1 aliphatic heterocycles. The Hall–Kier alpha value is -1.59. The number of nitrogens with one attached hydrogen (secondary N) is 1. The van der Waals surface area contributed by atoms with Gasteiger partial charge in [0, 0.05) is 6.42 Å². The minimum Gasteiger partial charge on any atom is -0.394 e. The molecule has 0 aromatic carbocycles. The summed E-state index contributed by atoms with van der Waals surface area (Å²) in [5, 5.41) is 53.8. The number of aliphatic hydroxyl groups is 5. The Morgan fingerprint density at radius 2 is 1.05 bits per heavy atom. The molecule has 7 atom stereocenters. The lowest BCUT2D eigenvalue weighted by Gasteiger charge is -2.40. The van der Waals surface area contributed by atoms with E-state index in [2.05, 4.69) is 43.5 Å². The van der Waals surface area contributed by atoms with Crippen molar-refractivity contribution >= 4 is 5.91 Å². The van der Waals surface area contributed by atoms with Gasteiger partial charge in [-0.1, -0.05) is 179 Å². The van der Waals surface area contributed by atoms with Gasteiger partial charge in [-0.05, 0) is 51.4 Å². The fourth-order valence-corrected chi connectivity index (χ4v) is 7.19. The van der Waals surface area contributed by atoms with Crippen LogP contribution in [0.5, 0.6) is 0 Å². The lowest BCUT2D eigenvalue weighted by atomic mass is 9.99. The zero-order valence-corrected chi connectivity index (χ0v) is 35.9. The van der Waals surface area contributed by atoms with Crippen molar-refractivity contribution in [2.75, 3.05) is 13.2 Å². The van der Waals surface area contributed by atoms with E-state index >= 15 is 0 Å². The predicted molar refractivity (Wildman–Crippen MR) is 230 cm³/mol. The van der Waals surface area contributed by atoms with E-state index in [0.29, 0.717) is 6.42 Å². The van der Waals surface area contributed by atoms with E-state index < -0.39 is 49.5 Å². The highest BCUT2D eigenvalue weighted by atomic mass is 16.7. The monoisotopic (exact) mass is 794 g/mol. The highest BCUT2D eigenvalue weighted by Gasteiger charge is 2.44. The number of amides is 1. The van der Waals surface area contributed by atoms with Gasteiger partial charge in [0.25, 0.3) is 0 Å². The van der Waals surface area contributed by atoms with Crippen molar-refractivity contribution in [3.63, 3.8) is 0 Å². The van der Waals surface area contributed by atoms with Crippen molar-refractivity contribution in [2.45, 2.75) is 243 Å². The normalized spacial score (nSPS) is 21.4. The molecule has 9 nitrogen and oxygen atoms in total. The van der Waals surface area contributed by atoms with Crippen molar-refractivity contribution in [3.05, 3.63) is 36.5 Å². The summed E-state index contributed by atoms with van der Waals surface area (Å²) in [5.74, 6) is -0.183. The molecule has 0 bridgehead atoms. The highest BCUT2D eigenvalue weighted by molar-refractivity contribution is 5.76. The van der Waals surface area contributed by atoms with E-state index in [0.717, 1.165) is 51.4 Å². The lowest BCUT2D eigenvalue weighted by Crippen LogP contribution is -2.60. The van der Waals surface area contributed by atoms with Gasteiger partial charge in [-0.3, -0.25) is 4.79 Å². The largest absolute Gasteiger partial charge is 0.394 e. The fraction of sp³-hybridized carbons (Fsp3) is 0.851. The molecule has 0 saturated carbocycles. The molecule has 6 N–H and O–H groups in total. The first-order chi connectivity index (χ1) is 27.3. The van der Waals surface area contributed by atoms with Crippen LogP contribution in [0.4, 0.5) is 0 Å². The average molecular weight is 794 g/mol. The van der Waals surface area contributed by atoms with E-state index in [9.17, 15) is 30.3 Å². The van der Waals surface area contributed by atoms with Crippen molar-refractivity contribution in [1.82, 2.24) is 5.32 Å². The maximum atomic E-state index is 12.9. The zero-order chi connectivity index (χ0) is 40.9. The van der Waals surface area contributed by atoms with Crippen LogP contribution < -0.4 is 5.32 Å². The Morgan fingerprint density at radius 3 is 1.55 bits per heavy atom. The van der Waals surface area contributed by atoms with Gasteiger partial charge in [0.15, 0.2) is 6.29 Å². The molecule has 1 fully saturated rings. The Balaban J connectivity index is 2.12. The Morgan fingerprint density at radius 1 is 0.607 bits per heavy atom. The molecule has 0 aromatic rings. The van der Waals surface area contributed by atoms with E-state index in [1.807, 2.05) is 6.08 Å². The molecule has 0 radical (unpaired) electrons. The summed E-state index contributed by atoms with van der Waals surface area (Å²) in [6.07, 6.45) is 39.5. The van der Waals surface area contributed by atoms with Crippen LogP contribution in [0.25, 0.3) is 0 Å². The van der Waals surface area contributed by atoms with Crippen molar-refractivity contribution < 1.29 is 39.8 Å². The molecule has 0 aliphatic carbocycles. The van der Waals surface area contributed by atoms with Crippen molar-refractivity contribution in [3.8, 4) is 0 Å². The molecule has 1 amide bonds. The van der Waals surface area contributed by atoms with Gasteiger partial charge >= 0.3 is 0 Å². The standard InChI is InChI=1S/C47H87NO8/c1-3-5-7-9-11-12-13-14-15-16-17-18-19-20-21-22-23-24-25-26-27-28-29-30-31-33-35-37-43(51)48-40(41(50)36-34-32-10-8-6-4-2)39-55-47-46(54)45(53)44(52)42(38-49)56-47/h13-14,16-17,34,36,40-42,44-47,49-50,52-54H,3-12,15,18-33,35,37-39H2,1-2H3,(H,48,51)/b14-13-,17-16-,36-34+. The molecule has 0 spiro atoms. The second-order valence-electron chi connectivity index (χ2n) is 16.2. The van der Waals surface area contributed by atoms with Crippen LogP contribution in [0.3, 0.4) is 0 Å². The molecule has 328 valence electrons. The van der Waals surface area contributed by atoms with Gasteiger partial charge < -0.3 is 40.3 Å². The molecule has 1 heterocycles. The fourth-order valence-electron chi connectivity index (χ4n) is 7.19. The van der Waals surface area contributed by atoms with Gasteiger partial charge in [-0.2, -0.15) is 0 Å². The zero-order valence-electron chi connectivity index (χ0n) is 35.9. The molecule has 0 aromatic heterocycles. The Bertz CT molecular complexity index is 972. The number of unbranched alkanes of at least 4 members (excludes halogenated alkanes) is 24. The van der Waals surface area contributed by atoms with Crippen LogP contribution in [0.15, 0.2) is 36.5 Å². The van der Waals surface area contributed by atoms with Gasteiger partial charge in [-0.15, -0.1) is 0 Å². The number of hydrogen-bond donors (Lipinski definition) is 6. The Kier molecular flexibility index (Phi) is 35.3. The number of aliphatic hydroxyl groups excluding tert-OH is 5. The third-order valence-electron chi connectivity index (χ3n) is 11.0. The minimum absolute atomic E-state index is 0.183. The number of ether oxygens (including phenoxy) is 2. The van der Waals surface area contributed by atoms with Crippen LogP contribution >= 0.6 is 0 Å². The van der Waals surface area contributed by atoms with Crippen molar-refractivity contribution in [2.24, 2.45) is 0 Å². The first-order valence-electron chi connectivity index (χ1n) is 23.2. The SMILES string of the molecule is CCCCCC/C=C/C(O)C(COC1OC(CO)C(O)C(O)C1O)NC(=O)CCCCCCCCCCCCCCCCC/C=C\C/C=C\CCCCCCC. The van der Waals surface area contributed by atoms with Gasteiger partial charge in [-0.25, -0.2) is 0 Å². The maximum Gasteiger partial charge on any atom is 0.220 e. The molecule has 7 unspecified atom stereocenters. The summed E-state index contributed by atoms with van der Waals surface area (Å²) in [4.78, 5) is 12.9. The van der Waals surface area contributed by atoms with Gasteiger partial charge in [0.05, 0.1) is 25.4 Å². The smallest absolute Gasteiger partial charge is 0.220 e. The summed E-state index contributed by atoms with van der Waals surface area (Å²) in [5.41, 5.74) is 0. The van der Waals surface area contributed by atoms with E-state index in [-0.39, 0.29) is 12.5 Å². The summed E-state index contributed by atoms with van der Waals surface area (Å²) >= 11 is 0.